The molecule has 0 spiro atoms. The van der Waals surface area contributed by atoms with Gasteiger partial charge in [-0.15, -0.1) is 0 Å². The Kier molecular flexibility index (Phi) is 4.52. The Hall–Kier alpha value is -2.60. The van der Waals surface area contributed by atoms with Crippen LogP contribution in [-0.4, -0.2) is 0 Å². The summed E-state index contributed by atoms with van der Waals surface area (Å²) in [4.78, 5) is 0. The van der Waals surface area contributed by atoms with Crippen LogP contribution in [0, 0.1) is 6.42 Å². The summed E-state index contributed by atoms with van der Waals surface area (Å²) in [5.41, 5.74) is 10.9. The highest BCUT2D eigenvalue weighted by atomic mass is 14.3. The Bertz CT molecular complexity index is 998. The normalized spacial score (nSPS) is 13.4. The highest BCUT2D eigenvalue weighted by Gasteiger charge is 2.26. The lowest BCUT2D eigenvalue weighted by Gasteiger charge is -2.26. The summed E-state index contributed by atoms with van der Waals surface area (Å²) in [7, 11) is 0. The molecule has 4 rings (SSSR count). The zero-order valence-corrected chi connectivity index (χ0v) is 16.7. The predicted molar refractivity (Wildman–Crippen MR) is 118 cm³/mol. The molecule has 1 aliphatic carbocycles. The molecule has 0 atom stereocenters. The summed E-state index contributed by atoms with van der Waals surface area (Å²) >= 11 is 0. The van der Waals surface area contributed by atoms with Gasteiger partial charge in [-0.1, -0.05) is 106 Å². The molecule has 3 aromatic rings. The van der Waals surface area contributed by atoms with Gasteiger partial charge in [0.2, 0.25) is 0 Å². The second-order valence-corrected chi connectivity index (χ2v) is 8.37. The molecule has 0 unspecified atom stereocenters. The molecule has 0 saturated carbocycles. The maximum atomic E-state index is 2.39. The summed E-state index contributed by atoms with van der Waals surface area (Å²) in [6, 6.07) is 24.2. The van der Waals surface area contributed by atoms with Crippen LogP contribution < -0.4 is 0 Å². The van der Waals surface area contributed by atoms with Gasteiger partial charge in [-0.25, -0.2) is 0 Å². The molecule has 135 valence electrons. The van der Waals surface area contributed by atoms with E-state index in [9.17, 15) is 0 Å². The largest absolute Gasteiger partial charge is 0.0622 e. The van der Waals surface area contributed by atoms with E-state index >= 15 is 0 Å². The SMILES string of the molecule is CCC1=Cc2c(ccc(C(C)(C)C)c2-c2ccccc2-c2ccccc2)[CH]1. The van der Waals surface area contributed by atoms with Gasteiger partial charge in [0.05, 0.1) is 0 Å². The third kappa shape index (κ3) is 3.25. The Morgan fingerprint density at radius 1 is 0.741 bits per heavy atom. The predicted octanol–water partition coefficient (Wildman–Crippen LogP) is 7.68. The third-order valence-electron chi connectivity index (χ3n) is 5.45. The second kappa shape index (κ2) is 6.85. The molecule has 0 nitrogen and oxygen atoms in total. The summed E-state index contributed by atoms with van der Waals surface area (Å²) in [5, 5.41) is 0. The van der Waals surface area contributed by atoms with Crippen LogP contribution in [0.3, 0.4) is 0 Å². The Labute approximate surface area is 163 Å². The average molecular weight is 352 g/mol. The topological polar surface area (TPSA) is 0 Å². The first-order chi connectivity index (χ1) is 13.0. The molecule has 0 fully saturated rings. The van der Waals surface area contributed by atoms with Crippen LogP contribution in [0.25, 0.3) is 28.3 Å². The Morgan fingerprint density at radius 2 is 1.41 bits per heavy atom. The molecule has 0 aliphatic heterocycles. The van der Waals surface area contributed by atoms with Crippen molar-refractivity contribution >= 4 is 6.08 Å². The molecule has 1 radical (unpaired) electrons. The van der Waals surface area contributed by atoms with E-state index in [-0.39, 0.29) is 5.41 Å². The second-order valence-electron chi connectivity index (χ2n) is 8.37. The molecule has 0 amide bonds. The molecule has 0 N–H and O–H groups in total. The van der Waals surface area contributed by atoms with Crippen molar-refractivity contribution in [2.45, 2.75) is 39.5 Å². The maximum absolute atomic E-state index is 2.39. The fourth-order valence-electron chi connectivity index (χ4n) is 4.03. The van der Waals surface area contributed by atoms with Crippen LogP contribution in [0.5, 0.6) is 0 Å². The standard InChI is InChI=1S/C27H27/c1-5-19-17-21-15-16-25(27(2,3)4)26(24(21)18-19)23-14-10-9-13-22(23)20-11-7-6-8-12-20/h6-18H,5H2,1-4H3. The van der Waals surface area contributed by atoms with Crippen molar-refractivity contribution in [3.05, 3.63) is 95.4 Å². The van der Waals surface area contributed by atoms with Crippen molar-refractivity contribution < 1.29 is 0 Å². The number of hydrogen-bond acceptors (Lipinski definition) is 0. The molecule has 1 aliphatic rings. The van der Waals surface area contributed by atoms with Crippen molar-refractivity contribution in [3.8, 4) is 22.3 Å². The first-order valence-corrected chi connectivity index (χ1v) is 9.86. The first-order valence-electron chi connectivity index (χ1n) is 9.86. The van der Waals surface area contributed by atoms with Crippen LogP contribution in [0.1, 0.15) is 50.8 Å². The van der Waals surface area contributed by atoms with Gasteiger partial charge in [0.25, 0.3) is 0 Å². The van der Waals surface area contributed by atoms with Crippen LogP contribution in [0.4, 0.5) is 0 Å². The lowest BCUT2D eigenvalue weighted by molar-refractivity contribution is 0.592. The average Bonchev–Trinajstić information content (AvgIpc) is 3.10. The van der Waals surface area contributed by atoms with Crippen LogP contribution in [0.2, 0.25) is 0 Å². The zero-order chi connectivity index (χ0) is 19.0. The van der Waals surface area contributed by atoms with Crippen LogP contribution >= 0.6 is 0 Å². The lowest BCUT2D eigenvalue weighted by atomic mass is 9.78. The molecule has 0 aromatic heterocycles. The van der Waals surface area contributed by atoms with Gasteiger partial charge in [-0.3, -0.25) is 0 Å². The third-order valence-corrected chi connectivity index (χ3v) is 5.45. The molecule has 0 saturated heterocycles. The molecular formula is C27H27. The number of hydrogen-bond donors (Lipinski definition) is 0. The quantitative estimate of drug-likeness (QED) is 0.454. The van der Waals surface area contributed by atoms with Crippen LogP contribution in [-0.2, 0) is 5.41 Å². The zero-order valence-electron chi connectivity index (χ0n) is 16.7. The van der Waals surface area contributed by atoms with Gasteiger partial charge in [0.15, 0.2) is 0 Å². The number of benzene rings is 3. The maximum Gasteiger partial charge on any atom is 0.0164 e. The highest BCUT2D eigenvalue weighted by molar-refractivity contribution is 5.92. The van der Waals surface area contributed by atoms with Crippen molar-refractivity contribution in [2.75, 3.05) is 0 Å². The molecule has 27 heavy (non-hydrogen) atoms. The van der Waals surface area contributed by atoms with E-state index in [2.05, 4.69) is 107 Å². The van der Waals surface area contributed by atoms with Gasteiger partial charge in [-0.2, -0.15) is 0 Å². The van der Waals surface area contributed by atoms with E-state index < -0.39 is 0 Å². The van der Waals surface area contributed by atoms with E-state index in [1.165, 1.54) is 44.5 Å². The fourth-order valence-corrected chi connectivity index (χ4v) is 4.03. The summed E-state index contributed by atoms with van der Waals surface area (Å²) in [6.45, 7) is 9.17. The van der Waals surface area contributed by atoms with Crippen molar-refractivity contribution in [3.63, 3.8) is 0 Å². The number of allylic oxidation sites excluding steroid dienone is 1. The van der Waals surface area contributed by atoms with Gasteiger partial charge in [-0.05, 0) is 50.8 Å². The van der Waals surface area contributed by atoms with E-state index in [0.29, 0.717) is 0 Å². The minimum atomic E-state index is 0.0803. The summed E-state index contributed by atoms with van der Waals surface area (Å²) < 4.78 is 0. The van der Waals surface area contributed by atoms with E-state index in [1.807, 2.05) is 0 Å². The lowest BCUT2D eigenvalue weighted by Crippen LogP contribution is -2.14. The smallest absolute Gasteiger partial charge is 0.0164 e. The summed E-state index contributed by atoms with van der Waals surface area (Å²) in [6.07, 6.45) is 5.80. The number of fused-ring (bicyclic) bond motifs is 1. The summed E-state index contributed by atoms with van der Waals surface area (Å²) in [5.74, 6) is 0. The Morgan fingerprint density at radius 3 is 2.07 bits per heavy atom. The molecule has 0 bridgehead atoms. The molecular weight excluding hydrogens is 324 g/mol. The highest BCUT2D eigenvalue weighted by Crippen LogP contribution is 2.45. The van der Waals surface area contributed by atoms with E-state index in [4.69, 9.17) is 0 Å². The monoisotopic (exact) mass is 351 g/mol. The fraction of sp³-hybridized carbons (Fsp3) is 0.222. The Balaban J connectivity index is 2.04. The van der Waals surface area contributed by atoms with Gasteiger partial charge < -0.3 is 0 Å². The minimum absolute atomic E-state index is 0.0803. The minimum Gasteiger partial charge on any atom is -0.0622 e. The number of rotatable bonds is 3. The van der Waals surface area contributed by atoms with Gasteiger partial charge in [0, 0.05) is 6.42 Å². The van der Waals surface area contributed by atoms with Gasteiger partial charge >= 0.3 is 0 Å². The molecule has 3 aromatic carbocycles. The van der Waals surface area contributed by atoms with Crippen LogP contribution in [0.15, 0.2) is 72.3 Å². The van der Waals surface area contributed by atoms with Gasteiger partial charge in [0.1, 0.15) is 0 Å². The molecule has 0 heterocycles. The van der Waals surface area contributed by atoms with E-state index in [1.54, 1.807) is 0 Å². The van der Waals surface area contributed by atoms with Crippen molar-refractivity contribution in [2.24, 2.45) is 0 Å². The first kappa shape index (κ1) is 17.8. The molecule has 0 heteroatoms. The van der Waals surface area contributed by atoms with Crippen molar-refractivity contribution in [1.82, 2.24) is 0 Å². The van der Waals surface area contributed by atoms with E-state index in [0.717, 1.165) is 6.42 Å². The van der Waals surface area contributed by atoms with Crippen molar-refractivity contribution in [1.29, 1.82) is 0 Å².